The quantitative estimate of drug-likeness (QED) is 0.0320. The summed E-state index contributed by atoms with van der Waals surface area (Å²) in [5, 5.41) is 23.3. The molecule has 0 spiro atoms. The molecule has 0 aliphatic carbocycles. The van der Waals surface area contributed by atoms with Crippen molar-refractivity contribution < 1.29 is 24.5 Å². The highest BCUT2D eigenvalue weighted by Crippen LogP contribution is 2.21. The highest BCUT2D eigenvalue weighted by atomic mass is 16.5. The molecule has 95 heavy (non-hydrogen) atoms. The van der Waals surface area contributed by atoms with Crippen LogP contribution in [0.4, 0.5) is 0 Å². The molecule has 0 bridgehead atoms. The molecule has 0 aliphatic heterocycles. The highest BCUT2D eigenvalue weighted by Gasteiger charge is 2.18. The summed E-state index contributed by atoms with van der Waals surface area (Å²) in [5.74, 6) is -0.0389. The Kier molecular flexibility index (Phi) is 83.3. The first-order valence-corrected chi connectivity index (χ1v) is 44.1. The fraction of sp³-hybridized carbons (Fsp3) is 0.933. The summed E-state index contributed by atoms with van der Waals surface area (Å²) in [6.45, 7) is 4.96. The van der Waals surface area contributed by atoms with Crippen molar-refractivity contribution in [3.8, 4) is 0 Å². The zero-order chi connectivity index (χ0) is 68.4. The van der Waals surface area contributed by atoms with E-state index in [1.165, 1.54) is 437 Å². The Labute approximate surface area is 596 Å². The van der Waals surface area contributed by atoms with Crippen LogP contribution in [0.15, 0.2) is 24.3 Å². The number of hydrogen-bond donors (Lipinski definition) is 3. The maximum absolute atomic E-state index is 12.6. The van der Waals surface area contributed by atoms with E-state index in [4.69, 9.17) is 4.74 Å². The number of hydrogen-bond acceptors (Lipinski definition) is 5. The van der Waals surface area contributed by atoms with E-state index in [9.17, 15) is 19.8 Å². The van der Waals surface area contributed by atoms with Crippen LogP contribution in [0.3, 0.4) is 0 Å². The smallest absolute Gasteiger partial charge is 0.305 e. The molecule has 2 atom stereocenters. The molecule has 3 N–H and O–H groups in total. The number of amides is 1. The minimum Gasteiger partial charge on any atom is -0.466 e. The molecule has 0 aromatic carbocycles. The SMILES string of the molecule is CCCCCCCC/C=C\CCCCCCCC(=O)OCCCCCCCCCCCCCCCCCCCCCCCCCCCCCCCCCCCCCCCCCC(=O)NC(CO)C(O)/C=C/CCCCCCCCCCCCCCCCCCCCCCCC. The van der Waals surface area contributed by atoms with Crippen molar-refractivity contribution in [2.24, 2.45) is 0 Å². The monoisotopic (exact) mass is 1340 g/mol. The molecule has 0 heterocycles. The van der Waals surface area contributed by atoms with Gasteiger partial charge in [0.25, 0.3) is 0 Å². The summed E-state index contributed by atoms with van der Waals surface area (Å²) < 4.78 is 5.50. The molecule has 2 unspecified atom stereocenters. The van der Waals surface area contributed by atoms with Crippen molar-refractivity contribution in [2.75, 3.05) is 13.2 Å². The summed E-state index contributed by atoms with van der Waals surface area (Å²) in [4.78, 5) is 24.7. The molecule has 564 valence electrons. The zero-order valence-corrected chi connectivity index (χ0v) is 64.9. The molecule has 6 heteroatoms. The first-order chi connectivity index (χ1) is 47.0. The number of rotatable bonds is 84. The molecular formula is C89H173NO5. The van der Waals surface area contributed by atoms with Crippen LogP contribution in [0.5, 0.6) is 0 Å². The summed E-state index contributed by atoms with van der Waals surface area (Å²) in [6.07, 6.45) is 111. The summed E-state index contributed by atoms with van der Waals surface area (Å²) >= 11 is 0. The van der Waals surface area contributed by atoms with Gasteiger partial charge < -0.3 is 20.3 Å². The van der Waals surface area contributed by atoms with Crippen LogP contribution in [0.2, 0.25) is 0 Å². The van der Waals surface area contributed by atoms with E-state index in [1.54, 1.807) is 6.08 Å². The van der Waals surface area contributed by atoms with Gasteiger partial charge in [0.1, 0.15) is 0 Å². The average molecular weight is 1340 g/mol. The normalized spacial score (nSPS) is 12.5. The van der Waals surface area contributed by atoms with Crippen LogP contribution >= 0.6 is 0 Å². The van der Waals surface area contributed by atoms with Gasteiger partial charge in [-0.15, -0.1) is 0 Å². The number of nitrogens with one attached hydrogen (secondary N) is 1. The number of unbranched alkanes of at least 4 members (excludes halogenated alkanes) is 71. The molecular weight excluding hydrogens is 1160 g/mol. The lowest BCUT2D eigenvalue weighted by Gasteiger charge is -2.20. The minimum atomic E-state index is -0.842. The zero-order valence-electron chi connectivity index (χ0n) is 64.9. The van der Waals surface area contributed by atoms with Crippen LogP contribution in [-0.2, 0) is 14.3 Å². The molecule has 0 aliphatic rings. The lowest BCUT2D eigenvalue weighted by Crippen LogP contribution is -2.45. The van der Waals surface area contributed by atoms with Gasteiger partial charge in [0.05, 0.1) is 25.4 Å². The van der Waals surface area contributed by atoms with Crippen molar-refractivity contribution in [1.82, 2.24) is 5.32 Å². The van der Waals surface area contributed by atoms with E-state index < -0.39 is 12.1 Å². The molecule has 0 aromatic rings. The Hall–Kier alpha value is -1.66. The van der Waals surface area contributed by atoms with Gasteiger partial charge in [-0.25, -0.2) is 0 Å². The van der Waals surface area contributed by atoms with Crippen molar-refractivity contribution in [3.63, 3.8) is 0 Å². The first kappa shape index (κ1) is 93.3. The molecule has 6 nitrogen and oxygen atoms in total. The van der Waals surface area contributed by atoms with E-state index in [-0.39, 0.29) is 18.5 Å². The van der Waals surface area contributed by atoms with E-state index >= 15 is 0 Å². The van der Waals surface area contributed by atoms with E-state index in [2.05, 4.69) is 31.3 Å². The second-order valence-electron chi connectivity index (χ2n) is 30.6. The fourth-order valence-electron chi connectivity index (χ4n) is 14.3. The third-order valence-electron chi connectivity index (χ3n) is 21.0. The number of aliphatic hydroxyl groups is 2. The summed E-state index contributed by atoms with van der Waals surface area (Å²) in [6, 6.07) is -0.624. The van der Waals surface area contributed by atoms with Crippen LogP contribution in [0, 0.1) is 0 Å². The predicted molar refractivity (Wildman–Crippen MR) is 421 cm³/mol. The Morgan fingerprint density at radius 2 is 0.495 bits per heavy atom. The van der Waals surface area contributed by atoms with Crippen molar-refractivity contribution >= 4 is 11.9 Å². The van der Waals surface area contributed by atoms with Crippen molar-refractivity contribution in [3.05, 3.63) is 24.3 Å². The van der Waals surface area contributed by atoms with Gasteiger partial charge >= 0.3 is 5.97 Å². The number of carbonyl (C=O) groups is 2. The molecule has 0 saturated carbocycles. The molecule has 0 saturated heterocycles. The lowest BCUT2D eigenvalue weighted by atomic mass is 10.0. The average Bonchev–Trinajstić information content (AvgIpc) is 2.95. The van der Waals surface area contributed by atoms with E-state index in [0.29, 0.717) is 19.4 Å². The fourth-order valence-corrected chi connectivity index (χ4v) is 14.3. The molecule has 0 radical (unpaired) electrons. The summed E-state index contributed by atoms with van der Waals surface area (Å²) in [5.41, 5.74) is 0. The van der Waals surface area contributed by atoms with Gasteiger partial charge in [-0.1, -0.05) is 462 Å². The van der Waals surface area contributed by atoms with Gasteiger partial charge in [-0.3, -0.25) is 9.59 Å². The Morgan fingerprint density at radius 3 is 0.747 bits per heavy atom. The van der Waals surface area contributed by atoms with Crippen LogP contribution in [-0.4, -0.2) is 47.4 Å². The van der Waals surface area contributed by atoms with Crippen molar-refractivity contribution in [1.29, 1.82) is 0 Å². The van der Waals surface area contributed by atoms with Gasteiger partial charge in [0, 0.05) is 12.8 Å². The maximum atomic E-state index is 12.6. The standard InChI is InChI=1S/C89H173NO5/c1-3-5-7-9-11-13-15-17-19-20-21-22-23-41-44-47-50-54-57-61-65-69-73-77-81-87(92)86(85-91)90-88(93)82-78-74-70-66-62-58-55-51-48-45-42-39-37-35-33-31-29-27-25-24-26-28-30-32-34-36-38-40-43-46-49-52-56-60-64-68-72-76-80-84-95-89(94)83-79-75-71-67-63-59-53-18-16-14-12-10-8-6-4-2/h18,53,77,81,86-87,91-92H,3-17,19-52,54-76,78-80,82-85H2,1-2H3,(H,90,93)/b53-18-,81-77+. The number of esters is 1. The van der Waals surface area contributed by atoms with Crippen LogP contribution < -0.4 is 5.32 Å². The van der Waals surface area contributed by atoms with E-state index in [1.807, 2.05) is 6.08 Å². The number of ether oxygens (including phenoxy) is 1. The molecule has 0 rings (SSSR count). The predicted octanol–water partition coefficient (Wildman–Crippen LogP) is 29.6. The number of carbonyl (C=O) groups excluding carboxylic acids is 2. The topological polar surface area (TPSA) is 95.9 Å². The Bertz CT molecular complexity index is 1500. The number of allylic oxidation sites excluding steroid dienone is 3. The van der Waals surface area contributed by atoms with Gasteiger partial charge in [0.15, 0.2) is 0 Å². The third kappa shape index (κ3) is 81.2. The minimum absolute atomic E-state index is 0.0171. The third-order valence-corrected chi connectivity index (χ3v) is 21.0. The second kappa shape index (κ2) is 84.8. The Balaban J connectivity index is 3.32. The number of aliphatic hydroxyl groups excluding tert-OH is 2. The van der Waals surface area contributed by atoms with E-state index in [0.717, 1.165) is 44.9 Å². The molecule has 1 amide bonds. The maximum Gasteiger partial charge on any atom is 0.305 e. The van der Waals surface area contributed by atoms with Crippen molar-refractivity contribution in [2.45, 2.75) is 520 Å². The largest absolute Gasteiger partial charge is 0.466 e. The molecule has 0 fully saturated rings. The lowest BCUT2D eigenvalue weighted by molar-refractivity contribution is -0.143. The van der Waals surface area contributed by atoms with Gasteiger partial charge in [0.2, 0.25) is 5.91 Å². The van der Waals surface area contributed by atoms with Gasteiger partial charge in [-0.05, 0) is 57.8 Å². The Morgan fingerprint density at radius 1 is 0.284 bits per heavy atom. The first-order valence-electron chi connectivity index (χ1n) is 44.1. The second-order valence-corrected chi connectivity index (χ2v) is 30.6. The van der Waals surface area contributed by atoms with Crippen LogP contribution in [0.1, 0.15) is 508 Å². The summed E-state index contributed by atoms with van der Waals surface area (Å²) in [7, 11) is 0. The van der Waals surface area contributed by atoms with Gasteiger partial charge in [-0.2, -0.15) is 0 Å². The molecule has 0 aromatic heterocycles. The highest BCUT2D eigenvalue weighted by molar-refractivity contribution is 5.76. The van der Waals surface area contributed by atoms with Crippen LogP contribution in [0.25, 0.3) is 0 Å².